The van der Waals surface area contributed by atoms with Crippen LogP contribution in [-0.2, 0) is 15.7 Å². The second kappa shape index (κ2) is 4.74. The number of aromatic nitrogens is 1. The van der Waals surface area contributed by atoms with Gasteiger partial charge < -0.3 is 9.31 Å². The van der Waals surface area contributed by atoms with Gasteiger partial charge in [-0.25, -0.2) is 0 Å². The van der Waals surface area contributed by atoms with Crippen LogP contribution in [0.5, 0.6) is 0 Å². The first-order chi connectivity index (χ1) is 9.00. The molecule has 3 nitrogen and oxygen atoms in total. The Kier molecular flexibility index (Phi) is 3.63. The van der Waals surface area contributed by atoms with Crippen molar-refractivity contribution in [3.05, 3.63) is 24.0 Å². The van der Waals surface area contributed by atoms with Gasteiger partial charge in [-0.05, 0) is 33.8 Å². The van der Waals surface area contributed by atoms with E-state index in [2.05, 4.69) is 4.98 Å². The van der Waals surface area contributed by atoms with E-state index in [0.29, 0.717) is 5.46 Å². The summed E-state index contributed by atoms with van der Waals surface area (Å²) in [5.41, 5.74) is -0.364. The molecule has 1 aliphatic heterocycles. The smallest absolute Gasteiger partial charge is 0.399 e. The molecule has 2 heterocycles. The van der Waals surface area contributed by atoms with E-state index >= 15 is 0 Å². The average Bonchev–Trinajstić information content (AvgIpc) is 2.47. The minimum absolute atomic E-state index is 0.0160. The van der Waals surface area contributed by atoms with Gasteiger partial charge in [-0.2, -0.15) is 13.2 Å². The predicted octanol–water partition coefficient (Wildman–Crippen LogP) is 2.49. The molecular weight excluding hydrogens is 270 g/mol. The zero-order valence-corrected chi connectivity index (χ0v) is 11.9. The van der Waals surface area contributed by atoms with Crippen molar-refractivity contribution in [3.63, 3.8) is 0 Å². The zero-order chi connectivity index (χ0) is 15.2. The Hall–Kier alpha value is -1.08. The number of hydrogen-bond donors (Lipinski definition) is 0. The quantitative estimate of drug-likeness (QED) is 0.783. The normalized spacial score (nSPS) is 21.2. The van der Waals surface area contributed by atoms with E-state index in [1.807, 2.05) is 27.7 Å². The van der Waals surface area contributed by atoms with Gasteiger partial charge in [0.1, 0.15) is 0 Å². The van der Waals surface area contributed by atoms with Crippen molar-refractivity contribution in [1.29, 1.82) is 0 Å². The van der Waals surface area contributed by atoms with Crippen molar-refractivity contribution in [3.8, 4) is 0 Å². The number of halogens is 3. The Morgan fingerprint density at radius 3 is 2.05 bits per heavy atom. The Labute approximate surface area is 116 Å². The van der Waals surface area contributed by atoms with E-state index in [0.717, 1.165) is 0 Å². The maximum absolute atomic E-state index is 12.3. The lowest BCUT2D eigenvalue weighted by molar-refractivity contribution is -0.127. The first kappa shape index (κ1) is 15.3. The van der Waals surface area contributed by atoms with E-state index in [4.69, 9.17) is 9.31 Å². The van der Waals surface area contributed by atoms with Gasteiger partial charge in [-0.3, -0.25) is 4.98 Å². The van der Waals surface area contributed by atoms with Crippen LogP contribution in [0.4, 0.5) is 13.2 Å². The molecule has 1 aromatic heterocycles. The molecule has 1 aromatic rings. The molecule has 2 rings (SSSR count). The van der Waals surface area contributed by atoms with Gasteiger partial charge in [0.15, 0.2) is 0 Å². The molecule has 1 fully saturated rings. The Bertz CT molecular complexity index is 469. The Morgan fingerprint density at radius 1 is 1.10 bits per heavy atom. The van der Waals surface area contributed by atoms with Crippen LogP contribution < -0.4 is 5.46 Å². The molecule has 0 radical (unpaired) electrons. The number of hydrogen-bond acceptors (Lipinski definition) is 3. The summed E-state index contributed by atoms with van der Waals surface area (Å²) in [7, 11) is -0.604. The molecule has 0 aliphatic carbocycles. The van der Waals surface area contributed by atoms with Crippen LogP contribution in [0.15, 0.2) is 18.3 Å². The van der Waals surface area contributed by atoms with Gasteiger partial charge in [-0.15, -0.1) is 0 Å². The molecule has 0 aromatic carbocycles. The lowest BCUT2D eigenvalue weighted by Crippen LogP contribution is -2.41. The molecule has 0 N–H and O–H groups in total. The largest absolute Gasteiger partial charge is 0.496 e. The van der Waals surface area contributed by atoms with Gasteiger partial charge in [0.2, 0.25) is 0 Å². The van der Waals surface area contributed by atoms with Crippen LogP contribution in [0.25, 0.3) is 0 Å². The topological polar surface area (TPSA) is 31.4 Å². The summed E-state index contributed by atoms with van der Waals surface area (Å²) in [6.07, 6.45) is -3.90. The van der Waals surface area contributed by atoms with Crippen molar-refractivity contribution in [2.45, 2.75) is 51.5 Å². The van der Waals surface area contributed by atoms with Crippen LogP contribution in [-0.4, -0.2) is 29.5 Å². The summed E-state index contributed by atoms with van der Waals surface area (Å²) < 4.78 is 48.4. The van der Waals surface area contributed by atoms with Crippen LogP contribution in [0.3, 0.4) is 0 Å². The fourth-order valence-corrected chi connectivity index (χ4v) is 1.86. The predicted molar refractivity (Wildman–Crippen MR) is 69.7 cm³/mol. The SMILES string of the molecule is CC1(C)OB(c2ccc(CC(F)(F)F)nc2)OC1(C)C. The van der Waals surface area contributed by atoms with Crippen molar-refractivity contribution >= 4 is 12.6 Å². The van der Waals surface area contributed by atoms with Crippen molar-refractivity contribution in [2.75, 3.05) is 0 Å². The van der Waals surface area contributed by atoms with Crippen LogP contribution in [0.2, 0.25) is 0 Å². The monoisotopic (exact) mass is 287 g/mol. The molecule has 0 atom stereocenters. The van der Waals surface area contributed by atoms with Gasteiger partial charge in [0.25, 0.3) is 0 Å². The second-order valence-electron chi connectivity index (χ2n) is 5.96. The molecule has 7 heteroatoms. The highest BCUT2D eigenvalue weighted by Gasteiger charge is 2.51. The van der Waals surface area contributed by atoms with Crippen LogP contribution in [0.1, 0.15) is 33.4 Å². The third-order valence-corrected chi connectivity index (χ3v) is 3.75. The van der Waals surface area contributed by atoms with Crippen molar-refractivity contribution in [2.24, 2.45) is 0 Å². The van der Waals surface area contributed by atoms with E-state index in [1.165, 1.54) is 12.3 Å². The standard InChI is InChI=1S/C13H17BF3NO2/c1-11(2)12(3,4)20-14(19-11)9-5-6-10(18-8-9)7-13(15,16)17/h5-6,8H,7H2,1-4H3. The summed E-state index contributed by atoms with van der Waals surface area (Å²) >= 11 is 0. The summed E-state index contributed by atoms with van der Waals surface area (Å²) in [6.45, 7) is 7.66. The molecule has 0 amide bonds. The van der Waals surface area contributed by atoms with Crippen LogP contribution in [0, 0.1) is 0 Å². The van der Waals surface area contributed by atoms with E-state index < -0.39 is 30.9 Å². The van der Waals surface area contributed by atoms with E-state index in [1.54, 1.807) is 6.07 Å². The Balaban J connectivity index is 2.12. The molecular formula is C13H17BF3NO2. The minimum Gasteiger partial charge on any atom is -0.399 e. The van der Waals surface area contributed by atoms with Crippen LogP contribution >= 0.6 is 0 Å². The Morgan fingerprint density at radius 2 is 1.65 bits per heavy atom. The summed E-state index contributed by atoms with van der Waals surface area (Å²) in [5.74, 6) is 0. The van der Waals surface area contributed by atoms with E-state index in [-0.39, 0.29) is 5.69 Å². The number of rotatable bonds is 2. The first-order valence-electron chi connectivity index (χ1n) is 6.37. The highest BCUT2D eigenvalue weighted by molar-refractivity contribution is 6.62. The third-order valence-electron chi connectivity index (χ3n) is 3.75. The highest BCUT2D eigenvalue weighted by atomic mass is 19.4. The molecule has 0 saturated carbocycles. The van der Waals surface area contributed by atoms with Crippen molar-refractivity contribution < 1.29 is 22.5 Å². The molecule has 110 valence electrons. The van der Waals surface area contributed by atoms with Gasteiger partial charge in [0.05, 0.1) is 17.6 Å². The maximum Gasteiger partial charge on any atom is 0.496 e. The lowest BCUT2D eigenvalue weighted by atomic mass is 9.80. The molecule has 20 heavy (non-hydrogen) atoms. The average molecular weight is 287 g/mol. The van der Waals surface area contributed by atoms with E-state index in [9.17, 15) is 13.2 Å². The zero-order valence-electron chi connectivity index (χ0n) is 11.9. The fraction of sp³-hybridized carbons (Fsp3) is 0.615. The molecule has 0 spiro atoms. The molecule has 1 aliphatic rings. The minimum atomic E-state index is -4.25. The van der Waals surface area contributed by atoms with Gasteiger partial charge in [-0.1, -0.05) is 6.07 Å². The maximum atomic E-state index is 12.3. The lowest BCUT2D eigenvalue weighted by Gasteiger charge is -2.32. The second-order valence-corrected chi connectivity index (χ2v) is 5.96. The number of alkyl halides is 3. The summed E-state index contributed by atoms with van der Waals surface area (Å²) in [6, 6.07) is 2.92. The van der Waals surface area contributed by atoms with Gasteiger partial charge in [0, 0.05) is 17.4 Å². The van der Waals surface area contributed by atoms with Crippen molar-refractivity contribution in [1.82, 2.24) is 4.98 Å². The van der Waals surface area contributed by atoms with Gasteiger partial charge >= 0.3 is 13.3 Å². The molecule has 0 bridgehead atoms. The number of pyridine rings is 1. The molecule has 1 saturated heterocycles. The molecule has 0 unspecified atom stereocenters. The third kappa shape index (κ3) is 3.15. The first-order valence-corrected chi connectivity index (χ1v) is 6.37. The summed E-state index contributed by atoms with van der Waals surface area (Å²) in [4.78, 5) is 3.82. The summed E-state index contributed by atoms with van der Waals surface area (Å²) in [5, 5.41) is 0. The fourth-order valence-electron chi connectivity index (χ4n) is 1.86. The highest BCUT2D eigenvalue weighted by Crippen LogP contribution is 2.36. The number of nitrogens with zero attached hydrogens (tertiary/aromatic N) is 1.